The first kappa shape index (κ1) is 22.7. The number of nitrogens with zero attached hydrogens (tertiary/aromatic N) is 3. The van der Waals surface area contributed by atoms with E-state index in [1.807, 2.05) is 85.8 Å². The molecule has 2 N–H and O–H groups in total. The third-order valence-corrected chi connectivity index (χ3v) is 6.10. The van der Waals surface area contributed by atoms with Crippen molar-refractivity contribution in [1.29, 1.82) is 0 Å². The van der Waals surface area contributed by atoms with Crippen molar-refractivity contribution in [2.24, 2.45) is 0 Å². The molecule has 0 unspecified atom stereocenters. The molecule has 0 spiro atoms. The minimum absolute atomic E-state index is 0.159. The van der Waals surface area contributed by atoms with Gasteiger partial charge in [0.25, 0.3) is 5.91 Å². The first-order valence-corrected chi connectivity index (χ1v) is 11.6. The summed E-state index contributed by atoms with van der Waals surface area (Å²) in [6, 6.07) is 24.7. The number of carbonyl (C=O) groups is 1. The lowest BCUT2D eigenvalue weighted by Crippen LogP contribution is -2.34. The summed E-state index contributed by atoms with van der Waals surface area (Å²) in [7, 11) is 0. The van der Waals surface area contributed by atoms with Gasteiger partial charge in [0.1, 0.15) is 24.7 Å². The molecule has 0 fully saturated rings. The highest BCUT2D eigenvalue weighted by molar-refractivity contribution is 6.30. The van der Waals surface area contributed by atoms with Gasteiger partial charge in [0.05, 0.1) is 5.57 Å². The molecular formula is C27H24ClN5O2. The van der Waals surface area contributed by atoms with Gasteiger partial charge in [-0.3, -0.25) is 4.79 Å². The van der Waals surface area contributed by atoms with Crippen molar-refractivity contribution >= 4 is 23.5 Å². The van der Waals surface area contributed by atoms with Gasteiger partial charge in [-0.1, -0.05) is 66.2 Å². The molecule has 0 saturated heterocycles. The second-order valence-corrected chi connectivity index (χ2v) is 8.68. The molecule has 4 aromatic rings. The molecule has 1 amide bonds. The smallest absolute Gasteiger partial charge is 0.251 e. The number of carbonyl (C=O) groups excluding carboxylic acids is 1. The zero-order valence-corrected chi connectivity index (χ0v) is 19.9. The molecule has 1 aliphatic heterocycles. The van der Waals surface area contributed by atoms with Crippen LogP contribution in [0.4, 0.5) is 5.95 Å². The topological polar surface area (TPSA) is 81.1 Å². The van der Waals surface area contributed by atoms with Crippen LogP contribution in [0, 0.1) is 0 Å². The molecule has 0 radical (unpaired) electrons. The number of amides is 1. The number of ether oxygens (including phenoxy) is 1. The van der Waals surface area contributed by atoms with E-state index in [-0.39, 0.29) is 5.91 Å². The highest BCUT2D eigenvalue weighted by Gasteiger charge is 2.33. The van der Waals surface area contributed by atoms with Crippen LogP contribution in [-0.2, 0) is 17.9 Å². The Morgan fingerprint density at radius 1 is 1.03 bits per heavy atom. The first-order valence-electron chi connectivity index (χ1n) is 11.2. The van der Waals surface area contributed by atoms with Crippen molar-refractivity contribution in [2.45, 2.75) is 26.1 Å². The summed E-state index contributed by atoms with van der Waals surface area (Å²) in [6.07, 6.45) is 1.48. The Hall–Kier alpha value is -4.10. The lowest BCUT2D eigenvalue weighted by atomic mass is 9.95. The second-order valence-electron chi connectivity index (χ2n) is 8.25. The number of hydrogen-bond donors (Lipinski definition) is 2. The molecule has 0 saturated carbocycles. The summed E-state index contributed by atoms with van der Waals surface area (Å²) in [5.74, 6) is 1.16. The summed E-state index contributed by atoms with van der Waals surface area (Å²) < 4.78 is 7.66. The SMILES string of the molecule is CC1=C(C(=O)NCc2ccccc2)[C@@H](c2ccc(OCc3ccc(Cl)cc3)cc2)n2ncnc2N1. The Morgan fingerprint density at radius 3 is 2.51 bits per heavy atom. The Labute approximate surface area is 208 Å². The van der Waals surface area contributed by atoms with Gasteiger partial charge in [-0.25, -0.2) is 4.68 Å². The van der Waals surface area contributed by atoms with Crippen molar-refractivity contribution in [1.82, 2.24) is 20.1 Å². The number of rotatable bonds is 7. The fraction of sp³-hybridized carbons (Fsp3) is 0.148. The van der Waals surface area contributed by atoms with Crippen LogP contribution in [0.5, 0.6) is 5.75 Å². The predicted molar refractivity (Wildman–Crippen MR) is 135 cm³/mol. The van der Waals surface area contributed by atoms with E-state index >= 15 is 0 Å². The molecule has 35 heavy (non-hydrogen) atoms. The molecular weight excluding hydrogens is 462 g/mol. The van der Waals surface area contributed by atoms with Gasteiger partial charge in [0.2, 0.25) is 5.95 Å². The Balaban J connectivity index is 1.36. The zero-order valence-electron chi connectivity index (χ0n) is 19.1. The third-order valence-electron chi connectivity index (χ3n) is 5.85. The summed E-state index contributed by atoms with van der Waals surface area (Å²) >= 11 is 5.95. The molecule has 2 heterocycles. The molecule has 1 atom stereocenters. The lowest BCUT2D eigenvalue weighted by molar-refractivity contribution is -0.118. The van der Waals surface area contributed by atoms with E-state index in [9.17, 15) is 4.79 Å². The van der Waals surface area contributed by atoms with Gasteiger partial charge in [-0.05, 0) is 47.9 Å². The zero-order chi connectivity index (χ0) is 24.2. The molecule has 3 aromatic carbocycles. The van der Waals surface area contributed by atoms with Crippen molar-refractivity contribution in [3.63, 3.8) is 0 Å². The van der Waals surface area contributed by atoms with E-state index < -0.39 is 6.04 Å². The number of halogens is 1. The fourth-order valence-electron chi connectivity index (χ4n) is 4.06. The number of nitrogens with one attached hydrogen (secondary N) is 2. The Morgan fingerprint density at radius 2 is 1.77 bits per heavy atom. The molecule has 1 aromatic heterocycles. The van der Waals surface area contributed by atoms with E-state index in [1.54, 1.807) is 4.68 Å². The second kappa shape index (κ2) is 10.0. The molecule has 1 aliphatic rings. The monoisotopic (exact) mass is 485 g/mol. The van der Waals surface area contributed by atoms with E-state index in [4.69, 9.17) is 16.3 Å². The number of fused-ring (bicyclic) bond motifs is 1. The maximum Gasteiger partial charge on any atom is 0.251 e. The van der Waals surface area contributed by atoms with Crippen LogP contribution in [0.15, 0.2) is 96.5 Å². The summed E-state index contributed by atoms with van der Waals surface area (Å²) in [4.78, 5) is 17.6. The van der Waals surface area contributed by atoms with Gasteiger partial charge in [-0.15, -0.1) is 0 Å². The van der Waals surface area contributed by atoms with Gasteiger partial charge in [0, 0.05) is 17.3 Å². The van der Waals surface area contributed by atoms with Gasteiger partial charge >= 0.3 is 0 Å². The van der Waals surface area contributed by atoms with Crippen molar-refractivity contribution in [3.8, 4) is 5.75 Å². The van der Waals surface area contributed by atoms with Crippen LogP contribution in [0.1, 0.15) is 29.7 Å². The minimum Gasteiger partial charge on any atom is -0.489 e. The quantitative estimate of drug-likeness (QED) is 0.380. The van der Waals surface area contributed by atoms with Crippen LogP contribution in [-0.4, -0.2) is 20.7 Å². The minimum atomic E-state index is -0.421. The molecule has 7 nitrogen and oxygen atoms in total. The van der Waals surface area contributed by atoms with Crippen LogP contribution >= 0.6 is 11.6 Å². The van der Waals surface area contributed by atoms with E-state index in [0.29, 0.717) is 29.7 Å². The standard InChI is InChI=1S/C27H24ClN5O2/c1-18-24(26(34)29-15-19-5-3-2-4-6-19)25(33-27(32-18)30-17-31-33)21-9-13-23(14-10-21)35-16-20-7-11-22(28)12-8-20/h2-14,17,25H,15-16H2,1H3,(H,29,34)(H,30,31,32)/t25-/m1/s1. The number of benzene rings is 3. The van der Waals surface area contributed by atoms with Crippen molar-refractivity contribution < 1.29 is 9.53 Å². The highest BCUT2D eigenvalue weighted by Crippen LogP contribution is 2.35. The largest absolute Gasteiger partial charge is 0.489 e. The maximum atomic E-state index is 13.3. The summed E-state index contributed by atoms with van der Waals surface area (Å²) in [5.41, 5.74) is 4.29. The van der Waals surface area contributed by atoms with E-state index in [1.165, 1.54) is 6.33 Å². The third kappa shape index (κ3) is 5.05. The number of hydrogen-bond acceptors (Lipinski definition) is 5. The number of allylic oxidation sites excluding steroid dienone is 1. The molecule has 0 bridgehead atoms. The van der Waals surface area contributed by atoms with Crippen molar-refractivity contribution in [3.05, 3.63) is 118 Å². The molecule has 176 valence electrons. The van der Waals surface area contributed by atoms with Crippen molar-refractivity contribution in [2.75, 3.05) is 5.32 Å². The summed E-state index contributed by atoms with van der Waals surface area (Å²) in [6.45, 7) is 2.75. The van der Waals surface area contributed by atoms with Gasteiger partial charge < -0.3 is 15.4 Å². The van der Waals surface area contributed by atoms with Crippen LogP contribution in [0.25, 0.3) is 0 Å². The van der Waals surface area contributed by atoms with Crippen LogP contribution in [0.2, 0.25) is 5.02 Å². The Bertz CT molecular complexity index is 1350. The average molecular weight is 486 g/mol. The normalized spacial score (nSPS) is 14.7. The average Bonchev–Trinajstić information content (AvgIpc) is 3.35. The van der Waals surface area contributed by atoms with Gasteiger partial charge in [0.15, 0.2) is 0 Å². The van der Waals surface area contributed by atoms with Crippen LogP contribution in [0.3, 0.4) is 0 Å². The van der Waals surface area contributed by atoms with Gasteiger partial charge in [-0.2, -0.15) is 10.1 Å². The fourth-order valence-corrected chi connectivity index (χ4v) is 4.19. The molecule has 5 rings (SSSR count). The maximum absolute atomic E-state index is 13.3. The first-order chi connectivity index (χ1) is 17.1. The van der Waals surface area contributed by atoms with E-state index in [2.05, 4.69) is 20.7 Å². The van der Waals surface area contributed by atoms with Crippen LogP contribution < -0.4 is 15.4 Å². The summed E-state index contributed by atoms with van der Waals surface area (Å²) in [5, 5.41) is 11.3. The lowest BCUT2D eigenvalue weighted by Gasteiger charge is -2.28. The van der Waals surface area contributed by atoms with E-state index in [0.717, 1.165) is 28.1 Å². The molecule has 8 heteroatoms. The highest BCUT2D eigenvalue weighted by atomic mass is 35.5. The predicted octanol–water partition coefficient (Wildman–Crippen LogP) is 5.12. The molecule has 0 aliphatic carbocycles. The number of anilines is 1. The number of aromatic nitrogens is 3. The Kier molecular flexibility index (Phi) is 6.50.